The molecular formula is C28H25ClN2O4. The molecule has 1 fully saturated rings. The van der Waals surface area contributed by atoms with Crippen molar-refractivity contribution in [3.8, 4) is 5.75 Å². The molecule has 4 amide bonds. The fourth-order valence-electron chi connectivity index (χ4n) is 3.73. The van der Waals surface area contributed by atoms with Crippen molar-refractivity contribution < 1.29 is 19.1 Å². The predicted molar refractivity (Wildman–Crippen MR) is 137 cm³/mol. The maximum absolute atomic E-state index is 13.3. The Labute approximate surface area is 209 Å². The molecule has 0 bridgehead atoms. The number of hydrogen-bond donors (Lipinski definition) is 1. The number of ether oxygens (including phenoxy) is 1. The summed E-state index contributed by atoms with van der Waals surface area (Å²) >= 11 is 6.21. The molecule has 1 N–H and O–H groups in total. The topological polar surface area (TPSA) is 75.7 Å². The van der Waals surface area contributed by atoms with Crippen molar-refractivity contribution >= 4 is 41.2 Å². The van der Waals surface area contributed by atoms with E-state index in [9.17, 15) is 14.4 Å². The lowest BCUT2D eigenvalue weighted by atomic mass is 10.0. The van der Waals surface area contributed by atoms with Crippen LogP contribution in [-0.2, 0) is 16.2 Å². The zero-order valence-electron chi connectivity index (χ0n) is 19.9. The molecule has 35 heavy (non-hydrogen) atoms. The lowest BCUT2D eigenvalue weighted by molar-refractivity contribution is -0.122. The Morgan fingerprint density at radius 2 is 1.54 bits per heavy atom. The van der Waals surface area contributed by atoms with E-state index in [2.05, 4.69) is 11.4 Å². The van der Waals surface area contributed by atoms with Gasteiger partial charge in [0.25, 0.3) is 11.8 Å². The average Bonchev–Trinajstić information content (AvgIpc) is 2.80. The van der Waals surface area contributed by atoms with E-state index in [1.807, 2.05) is 45.9 Å². The van der Waals surface area contributed by atoms with Crippen LogP contribution in [0.1, 0.15) is 33.4 Å². The van der Waals surface area contributed by atoms with E-state index in [4.69, 9.17) is 16.3 Å². The van der Waals surface area contributed by atoms with E-state index in [0.29, 0.717) is 28.6 Å². The SMILES string of the molecule is Cc1ccc(COc2ccc(Cl)cc2/C=C2\C(=O)NC(=O)N(c3ccc(C)c(C)c3)C2=O)cc1C. The van der Waals surface area contributed by atoms with Gasteiger partial charge in [-0.1, -0.05) is 35.9 Å². The zero-order valence-corrected chi connectivity index (χ0v) is 20.7. The molecule has 0 aromatic heterocycles. The van der Waals surface area contributed by atoms with Crippen molar-refractivity contribution in [2.24, 2.45) is 0 Å². The summed E-state index contributed by atoms with van der Waals surface area (Å²) in [6.07, 6.45) is 1.40. The van der Waals surface area contributed by atoms with Gasteiger partial charge in [-0.15, -0.1) is 0 Å². The Balaban J connectivity index is 1.67. The molecule has 0 radical (unpaired) electrons. The van der Waals surface area contributed by atoms with Crippen LogP contribution in [0.5, 0.6) is 5.75 Å². The number of carbonyl (C=O) groups is 3. The minimum atomic E-state index is -0.794. The van der Waals surface area contributed by atoms with Gasteiger partial charge in [0, 0.05) is 10.6 Å². The van der Waals surface area contributed by atoms with Crippen molar-refractivity contribution in [3.63, 3.8) is 0 Å². The Kier molecular flexibility index (Phi) is 6.76. The summed E-state index contributed by atoms with van der Waals surface area (Å²) < 4.78 is 6.02. The number of halogens is 1. The third-order valence-corrected chi connectivity index (χ3v) is 6.32. The van der Waals surface area contributed by atoms with Crippen molar-refractivity contribution in [2.75, 3.05) is 4.90 Å². The standard InChI is InChI=1S/C28H25ClN2O4/c1-16-5-7-20(11-18(16)3)15-35-25-10-8-22(29)13-21(25)14-24-26(32)30-28(34)31(27(24)33)23-9-6-17(2)19(4)12-23/h5-14H,15H2,1-4H3,(H,30,32,34)/b24-14+. The number of rotatable bonds is 5. The third-order valence-electron chi connectivity index (χ3n) is 6.09. The molecule has 1 aliphatic rings. The molecule has 1 heterocycles. The second kappa shape index (κ2) is 9.76. The molecule has 1 aliphatic heterocycles. The number of aryl methyl sites for hydroxylation is 4. The molecule has 0 unspecified atom stereocenters. The van der Waals surface area contributed by atoms with E-state index in [0.717, 1.165) is 27.2 Å². The minimum Gasteiger partial charge on any atom is -0.488 e. The molecule has 4 rings (SSSR count). The fourth-order valence-corrected chi connectivity index (χ4v) is 3.91. The lowest BCUT2D eigenvalue weighted by Gasteiger charge is -2.27. The van der Waals surface area contributed by atoms with E-state index >= 15 is 0 Å². The fraction of sp³-hybridized carbons (Fsp3) is 0.179. The molecule has 7 heteroatoms. The normalized spacial score (nSPS) is 14.9. The van der Waals surface area contributed by atoms with E-state index < -0.39 is 17.8 Å². The Hall–Kier alpha value is -3.90. The summed E-state index contributed by atoms with van der Waals surface area (Å²) in [5.41, 5.74) is 5.92. The molecule has 3 aromatic carbocycles. The Morgan fingerprint density at radius 3 is 2.23 bits per heavy atom. The summed E-state index contributed by atoms with van der Waals surface area (Å²) in [5, 5.41) is 2.67. The second-order valence-electron chi connectivity index (χ2n) is 8.62. The second-order valence-corrected chi connectivity index (χ2v) is 9.05. The summed E-state index contributed by atoms with van der Waals surface area (Å²) in [6, 6.07) is 15.5. The maximum Gasteiger partial charge on any atom is 0.335 e. The van der Waals surface area contributed by atoms with E-state index in [1.54, 1.807) is 30.3 Å². The van der Waals surface area contributed by atoms with E-state index in [1.165, 1.54) is 11.6 Å². The number of benzene rings is 3. The highest BCUT2D eigenvalue weighted by molar-refractivity contribution is 6.39. The smallest absolute Gasteiger partial charge is 0.335 e. The number of nitrogens with one attached hydrogen (secondary N) is 1. The Bertz CT molecular complexity index is 1390. The zero-order chi connectivity index (χ0) is 25.3. The lowest BCUT2D eigenvalue weighted by Crippen LogP contribution is -2.54. The first-order valence-electron chi connectivity index (χ1n) is 11.1. The van der Waals surface area contributed by atoms with Crippen LogP contribution >= 0.6 is 11.6 Å². The average molecular weight is 489 g/mol. The predicted octanol–water partition coefficient (Wildman–Crippen LogP) is 5.82. The largest absolute Gasteiger partial charge is 0.488 e. The maximum atomic E-state index is 13.3. The van der Waals surface area contributed by atoms with Crippen molar-refractivity contribution in [1.29, 1.82) is 0 Å². The van der Waals surface area contributed by atoms with Crippen LogP contribution in [-0.4, -0.2) is 17.8 Å². The molecule has 0 saturated carbocycles. The molecular weight excluding hydrogens is 464 g/mol. The highest BCUT2D eigenvalue weighted by Gasteiger charge is 2.37. The monoisotopic (exact) mass is 488 g/mol. The van der Waals surface area contributed by atoms with Crippen LogP contribution < -0.4 is 15.0 Å². The van der Waals surface area contributed by atoms with Gasteiger partial charge >= 0.3 is 6.03 Å². The number of urea groups is 1. The Morgan fingerprint density at radius 1 is 0.857 bits per heavy atom. The van der Waals surface area contributed by atoms with Crippen LogP contribution in [0.25, 0.3) is 6.08 Å². The van der Waals surface area contributed by atoms with Crippen molar-refractivity contribution in [2.45, 2.75) is 34.3 Å². The van der Waals surface area contributed by atoms with Gasteiger partial charge in [-0.25, -0.2) is 9.69 Å². The number of barbiturate groups is 1. The van der Waals surface area contributed by atoms with Crippen LogP contribution in [0.2, 0.25) is 5.02 Å². The summed E-state index contributed by atoms with van der Waals surface area (Å²) in [6.45, 7) is 8.20. The van der Waals surface area contributed by atoms with Gasteiger partial charge in [-0.3, -0.25) is 14.9 Å². The number of imide groups is 2. The number of hydrogen-bond acceptors (Lipinski definition) is 4. The summed E-state index contributed by atoms with van der Waals surface area (Å²) in [4.78, 5) is 39.4. The van der Waals surface area contributed by atoms with Gasteiger partial charge in [0.05, 0.1) is 5.69 Å². The van der Waals surface area contributed by atoms with E-state index in [-0.39, 0.29) is 5.57 Å². The highest BCUT2D eigenvalue weighted by Crippen LogP contribution is 2.29. The first-order chi connectivity index (χ1) is 16.6. The summed E-state index contributed by atoms with van der Waals surface area (Å²) in [5.74, 6) is -1.04. The first-order valence-corrected chi connectivity index (χ1v) is 11.5. The number of amides is 4. The molecule has 1 saturated heterocycles. The molecule has 6 nitrogen and oxygen atoms in total. The van der Waals surface area contributed by atoms with Gasteiger partial charge in [0.2, 0.25) is 0 Å². The van der Waals surface area contributed by atoms with Gasteiger partial charge < -0.3 is 4.74 Å². The van der Waals surface area contributed by atoms with Crippen LogP contribution in [0.15, 0.2) is 60.2 Å². The molecule has 178 valence electrons. The molecule has 3 aromatic rings. The van der Waals surface area contributed by atoms with Gasteiger partial charge in [-0.2, -0.15) is 0 Å². The first kappa shape index (κ1) is 24.2. The summed E-state index contributed by atoms with van der Waals surface area (Å²) in [7, 11) is 0. The number of carbonyl (C=O) groups excluding carboxylic acids is 3. The highest BCUT2D eigenvalue weighted by atomic mass is 35.5. The van der Waals surface area contributed by atoms with Crippen LogP contribution in [0, 0.1) is 27.7 Å². The minimum absolute atomic E-state index is 0.193. The quantitative estimate of drug-likeness (QED) is 0.362. The van der Waals surface area contributed by atoms with Crippen LogP contribution in [0.3, 0.4) is 0 Å². The van der Waals surface area contributed by atoms with Gasteiger partial charge in [0.1, 0.15) is 17.9 Å². The molecule has 0 atom stereocenters. The van der Waals surface area contributed by atoms with Crippen molar-refractivity contribution in [3.05, 3.63) is 98.6 Å². The van der Waals surface area contributed by atoms with Gasteiger partial charge in [0.15, 0.2) is 0 Å². The molecule has 0 spiro atoms. The van der Waals surface area contributed by atoms with Crippen molar-refractivity contribution in [1.82, 2.24) is 5.32 Å². The number of nitrogens with zero attached hydrogens (tertiary/aromatic N) is 1. The van der Waals surface area contributed by atoms with Crippen LogP contribution in [0.4, 0.5) is 10.5 Å². The number of anilines is 1. The third kappa shape index (κ3) is 5.12. The van der Waals surface area contributed by atoms with Gasteiger partial charge in [-0.05, 0) is 91.9 Å². The molecule has 0 aliphatic carbocycles.